The van der Waals surface area contributed by atoms with Crippen molar-refractivity contribution in [2.24, 2.45) is 0 Å². The average Bonchev–Trinajstić information content (AvgIpc) is 2.32. The van der Waals surface area contributed by atoms with Gasteiger partial charge < -0.3 is 4.74 Å². The van der Waals surface area contributed by atoms with E-state index in [1.165, 1.54) is 6.26 Å². The molecule has 0 radical (unpaired) electrons. The van der Waals surface area contributed by atoms with E-state index in [0.29, 0.717) is 12.4 Å². The summed E-state index contributed by atoms with van der Waals surface area (Å²) in [6.07, 6.45) is 4.82. The van der Waals surface area contributed by atoms with E-state index in [1.807, 2.05) is 6.92 Å². The van der Waals surface area contributed by atoms with Crippen LogP contribution in [0.25, 0.3) is 0 Å². The van der Waals surface area contributed by atoms with Crippen molar-refractivity contribution in [1.82, 2.24) is 0 Å². The highest BCUT2D eigenvalue weighted by atomic mass is 32.2. The third-order valence-corrected chi connectivity index (χ3v) is 4.22. The molecule has 70 valence electrons. The lowest BCUT2D eigenvalue weighted by Crippen LogP contribution is -2.20. The highest BCUT2D eigenvalue weighted by Gasteiger charge is 2.31. The van der Waals surface area contributed by atoms with Crippen molar-refractivity contribution < 1.29 is 13.2 Å². The molecule has 1 aliphatic rings. The number of hydrogen-bond donors (Lipinski definition) is 0. The summed E-state index contributed by atoms with van der Waals surface area (Å²) in [6, 6.07) is 0. The maximum absolute atomic E-state index is 11.3. The first kappa shape index (κ1) is 9.58. The van der Waals surface area contributed by atoms with Crippen LogP contribution in [-0.2, 0) is 14.6 Å². The van der Waals surface area contributed by atoms with Crippen LogP contribution >= 0.6 is 0 Å². The molecule has 1 heterocycles. The first-order chi connectivity index (χ1) is 5.67. The predicted octanol–water partition coefficient (Wildman–Crippen LogP) is 1.11. The molecule has 0 bridgehead atoms. The monoisotopic (exact) mass is 190 g/mol. The molecule has 0 aromatic carbocycles. The van der Waals surface area contributed by atoms with Gasteiger partial charge in [0.05, 0.1) is 17.3 Å². The van der Waals surface area contributed by atoms with E-state index >= 15 is 0 Å². The molecule has 1 saturated heterocycles. The second-order valence-corrected chi connectivity index (χ2v) is 5.33. The van der Waals surface area contributed by atoms with Crippen molar-refractivity contribution in [1.29, 1.82) is 0 Å². The number of sulfone groups is 1. The van der Waals surface area contributed by atoms with Gasteiger partial charge in [-0.1, -0.05) is 6.08 Å². The molecule has 0 aliphatic carbocycles. The van der Waals surface area contributed by atoms with Crippen molar-refractivity contribution in [2.45, 2.75) is 25.0 Å². The van der Waals surface area contributed by atoms with E-state index in [9.17, 15) is 8.42 Å². The zero-order valence-electron chi connectivity index (χ0n) is 7.19. The third-order valence-electron chi connectivity index (χ3n) is 1.98. The van der Waals surface area contributed by atoms with Crippen molar-refractivity contribution in [3.8, 4) is 0 Å². The summed E-state index contributed by atoms with van der Waals surface area (Å²) in [5.74, 6) is 0.330. The normalized spacial score (nSPS) is 27.9. The highest BCUT2D eigenvalue weighted by Crippen LogP contribution is 2.19. The predicted molar refractivity (Wildman–Crippen MR) is 47.6 cm³/mol. The maximum Gasteiger partial charge on any atom is 0.156 e. The molecule has 0 saturated carbocycles. The number of allylic oxidation sites excluding steroid dienone is 1. The second kappa shape index (κ2) is 3.94. The molecule has 1 unspecified atom stereocenters. The molecule has 12 heavy (non-hydrogen) atoms. The second-order valence-electron chi connectivity index (χ2n) is 2.93. The van der Waals surface area contributed by atoms with Gasteiger partial charge in [0.2, 0.25) is 0 Å². The Morgan fingerprint density at radius 1 is 1.58 bits per heavy atom. The van der Waals surface area contributed by atoms with Gasteiger partial charge in [-0.05, 0) is 19.8 Å². The summed E-state index contributed by atoms with van der Waals surface area (Å²) < 4.78 is 27.5. The van der Waals surface area contributed by atoms with Gasteiger partial charge in [-0.15, -0.1) is 0 Å². The third kappa shape index (κ3) is 2.24. The molecule has 0 N–H and O–H groups in total. The average molecular weight is 190 g/mol. The molecule has 0 aromatic heterocycles. The lowest BCUT2D eigenvalue weighted by molar-refractivity contribution is 0.245. The number of rotatable bonds is 3. The fraction of sp³-hybridized carbons (Fsp3) is 0.750. The van der Waals surface area contributed by atoms with Crippen LogP contribution in [0.3, 0.4) is 0 Å². The first-order valence-electron chi connectivity index (χ1n) is 4.11. The van der Waals surface area contributed by atoms with E-state index in [0.717, 1.165) is 12.8 Å². The van der Waals surface area contributed by atoms with E-state index < -0.39 is 9.84 Å². The summed E-state index contributed by atoms with van der Waals surface area (Å²) in [5, 5.41) is -0.270. The Hall–Kier alpha value is -0.510. The number of ether oxygens (including phenoxy) is 1. The van der Waals surface area contributed by atoms with Gasteiger partial charge in [0.15, 0.2) is 9.84 Å². The molecular weight excluding hydrogens is 176 g/mol. The molecule has 4 heteroatoms. The van der Waals surface area contributed by atoms with Crippen LogP contribution in [0.5, 0.6) is 0 Å². The Labute approximate surface area is 73.3 Å². The molecule has 3 nitrogen and oxygen atoms in total. The van der Waals surface area contributed by atoms with Crippen molar-refractivity contribution in [2.75, 3.05) is 12.4 Å². The smallest absolute Gasteiger partial charge is 0.156 e. The fourth-order valence-electron chi connectivity index (χ4n) is 1.30. The Kier molecular flexibility index (Phi) is 3.14. The molecule has 0 aromatic rings. The van der Waals surface area contributed by atoms with Crippen LogP contribution in [0.4, 0.5) is 0 Å². The van der Waals surface area contributed by atoms with Crippen LogP contribution in [0.2, 0.25) is 0 Å². The summed E-state index contributed by atoms with van der Waals surface area (Å²) in [7, 11) is -2.83. The number of hydrogen-bond acceptors (Lipinski definition) is 3. The minimum atomic E-state index is -2.83. The van der Waals surface area contributed by atoms with Crippen molar-refractivity contribution in [3.63, 3.8) is 0 Å². The zero-order valence-corrected chi connectivity index (χ0v) is 8.01. The summed E-state index contributed by atoms with van der Waals surface area (Å²) in [4.78, 5) is 0. The van der Waals surface area contributed by atoms with Crippen LogP contribution in [-0.4, -0.2) is 26.0 Å². The largest absolute Gasteiger partial charge is 0.500 e. The van der Waals surface area contributed by atoms with Gasteiger partial charge in [0.1, 0.15) is 6.61 Å². The maximum atomic E-state index is 11.3. The van der Waals surface area contributed by atoms with Crippen LogP contribution in [0, 0.1) is 0 Å². The molecule has 0 amide bonds. The lowest BCUT2D eigenvalue weighted by Gasteiger charge is -2.07. The molecule has 0 spiro atoms. The first-order valence-corrected chi connectivity index (χ1v) is 5.82. The van der Waals surface area contributed by atoms with Gasteiger partial charge in [0, 0.05) is 0 Å². The topological polar surface area (TPSA) is 43.4 Å². The Bertz CT molecular complexity index is 253. The zero-order chi connectivity index (χ0) is 9.03. The highest BCUT2D eigenvalue weighted by molar-refractivity contribution is 7.92. The molecule has 1 atom stereocenters. The van der Waals surface area contributed by atoms with Gasteiger partial charge in [-0.25, -0.2) is 8.42 Å². The SMILES string of the molecule is C/C=C/OCC1CCCS1(=O)=O. The van der Waals surface area contributed by atoms with Gasteiger partial charge in [-0.2, -0.15) is 0 Å². The minimum absolute atomic E-state index is 0.270. The van der Waals surface area contributed by atoms with Gasteiger partial charge in [0.25, 0.3) is 0 Å². The quantitative estimate of drug-likeness (QED) is 0.626. The molecule has 1 fully saturated rings. The Balaban J connectivity index is 2.42. The van der Waals surface area contributed by atoms with Crippen molar-refractivity contribution in [3.05, 3.63) is 12.3 Å². The van der Waals surface area contributed by atoms with Crippen molar-refractivity contribution >= 4 is 9.84 Å². The Morgan fingerprint density at radius 3 is 2.83 bits per heavy atom. The minimum Gasteiger partial charge on any atom is -0.500 e. The van der Waals surface area contributed by atoms with E-state index in [-0.39, 0.29) is 5.25 Å². The molecule has 1 rings (SSSR count). The standard InChI is InChI=1S/C8H14O3S/c1-2-5-11-7-8-4-3-6-12(8,9)10/h2,5,8H,3-4,6-7H2,1H3/b5-2+. The van der Waals surface area contributed by atoms with E-state index in [1.54, 1.807) is 6.08 Å². The Morgan fingerprint density at radius 2 is 2.33 bits per heavy atom. The van der Waals surface area contributed by atoms with Crippen LogP contribution < -0.4 is 0 Å². The van der Waals surface area contributed by atoms with Gasteiger partial charge >= 0.3 is 0 Å². The fourth-order valence-corrected chi connectivity index (χ4v) is 3.02. The summed E-state index contributed by atoms with van der Waals surface area (Å²) >= 11 is 0. The molecular formula is C8H14O3S. The lowest BCUT2D eigenvalue weighted by atomic mass is 10.3. The van der Waals surface area contributed by atoms with E-state index in [2.05, 4.69) is 0 Å². The summed E-state index contributed by atoms with van der Waals surface area (Å²) in [6.45, 7) is 2.15. The van der Waals surface area contributed by atoms with Crippen LogP contribution in [0.15, 0.2) is 12.3 Å². The molecule has 1 aliphatic heterocycles. The summed E-state index contributed by atoms with van der Waals surface area (Å²) in [5.41, 5.74) is 0. The van der Waals surface area contributed by atoms with Gasteiger partial charge in [-0.3, -0.25) is 0 Å². The van der Waals surface area contributed by atoms with Crippen LogP contribution in [0.1, 0.15) is 19.8 Å². The van der Waals surface area contributed by atoms with E-state index in [4.69, 9.17) is 4.74 Å².